The first-order valence-corrected chi connectivity index (χ1v) is 8.53. The standard InChI is InChI=1S/C12H19NO3S2/c1-9-2-4-10(5-3-9)13-18(15,16)12-7-6-11(8-14)17-12/h6-7,9-10,13-14H,2-5,8H2,1H3. The molecular formula is C12H19NO3S2. The maximum absolute atomic E-state index is 12.1. The summed E-state index contributed by atoms with van der Waals surface area (Å²) in [5, 5.41) is 8.96. The minimum absolute atomic E-state index is 0.0610. The molecule has 0 spiro atoms. The van der Waals surface area contributed by atoms with Gasteiger partial charge in [0.15, 0.2) is 0 Å². The second-order valence-electron chi connectivity index (χ2n) is 4.96. The predicted octanol–water partition coefficient (Wildman–Crippen LogP) is 2.10. The maximum atomic E-state index is 12.1. The van der Waals surface area contributed by atoms with Gasteiger partial charge in [-0.1, -0.05) is 6.92 Å². The van der Waals surface area contributed by atoms with E-state index in [-0.39, 0.29) is 12.6 Å². The van der Waals surface area contributed by atoms with Gasteiger partial charge in [-0.25, -0.2) is 13.1 Å². The van der Waals surface area contributed by atoms with E-state index in [1.165, 1.54) is 0 Å². The summed E-state index contributed by atoms with van der Waals surface area (Å²) in [5.41, 5.74) is 0. The summed E-state index contributed by atoms with van der Waals surface area (Å²) in [6.07, 6.45) is 4.00. The SMILES string of the molecule is CC1CCC(NS(=O)(=O)c2ccc(CO)s2)CC1. The van der Waals surface area contributed by atoms with Gasteiger partial charge in [0.05, 0.1) is 6.61 Å². The van der Waals surface area contributed by atoms with E-state index in [9.17, 15) is 8.42 Å². The van der Waals surface area contributed by atoms with Crippen molar-refractivity contribution in [1.82, 2.24) is 4.72 Å². The molecule has 4 nitrogen and oxygen atoms in total. The number of rotatable bonds is 4. The summed E-state index contributed by atoms with van der Waals surface area (Å²) in [7, 11) is -3.41. The minimum Gasteiger partial charge on any atom is -0.391 e. The van der Waals surface area contributed by atoms with Gasteiger partial charge >= 0.3 is 0 Å². The van der Waals surface area contributed by atoms with Crippen molar-refractivity contribution in [2.45, 2.75) is 49.5 Å². The van der Waals surface area contributed by atoms with Crippen molar-refractivity contribution >= 4 is 21.4 Å². The van der Waals surface area contributed by atoms with Crippen molar-refractivity contribution in [1.29, 1.82) is 0 Å². The van der Waals surface area contributed by atoms with E-state index in [0.717, 1.165) is 37.0 Å². The van der Waals surface area contributed by atoms with Crippen molar-refractivity contribution in [2.75, 3.05) is 0 Å². The highest BCUT2D eigenvalue weighted by Crippen LogP contribution is 2.26. The van der Waals surface area contributed by atoms with Gasteiger partial charge in [-0.3, -0.25) is 0 Å². The highest BCUT2D eigenvalue weighted by molar-refractivity contribution is 7.91. The lowest BCUT2D eigenvalue weighted by atomic mass is 9.88. The molecule has 1 fully saturated rings. The van der Waals surface area contributed by atoms with Crippen molar-refractivity contribution < 1.29 is 13.5 Å². The van der Waals surface area contributed by atoms with Gasteiger partial charge in [0.25, 0.3) is 0 Å². The lowest BCUT2D eigenvalue weighted by Crippen LogP contribution is -2.36. The second kappa shape index (κ2) is 5.69. The monoisotopic (exact) mass is 289 g/mol. The Balaban J connectivity index is 2.03. The predicted molar refractivity (Wildman–Crippen MR) is 72.0 cm³/mol. The number of nitrogens with one attached hydrogen (secondary N) is 1. The molecule has 0 atom stereocenters. The third-order valence-electron chi connectivity index (χ3n) is 3.40. The fraction of sp³-hybridized carbons (Fsp3) is 0.667. The molecule has 1 aromatic heterocycles. The van der Waals surface area contributed by atoms with E-state index in [1.54, 1.807) is 12.1 Å². The first kappa shape index (κ1) is 14.0. The first-order chi connectivity index (χ1) is 8.51. The van der Waals surface area contributed by atoms with Crippen LogP contribution in [-0.4, -0.2) is 19.6 Å². The number of sulfonamides is 1. The molecule has 0 saturated heterocycles. The van der Waals surface area contributed by atoms with Gasteiger partial charge in [-0.15, -0.1) is 11.3 Å². The molecule has 1 aliphatic rings. The fourth-order valence-corrected chi connectivity index (χ4v) is 4.78. The van der Waals surface area contributed by atoms with Crippen molar-refractivity contribution in [2.24, 2.45) is 5.92 Å². The number of thiophene rings is 1. The quantitative estimate of drug-likeness (QED) is 0.892. The molecule has 1 heterocycles. The summed E-state index contributed by atoms with van der Waals surface area (Å²) >= 11 is 1.13. The van der Waals surface area contributed by atoms with Crippen LogP contribution < -0.4 is 4.72 Å². The van der Waals surface area contributed by atoms with Crippen molar-refractivity contribution in [3.8, 4) is 0 Å². The lowest BCUT2D eigenvalue weighted by molar-refractivity contribution is 0.285. The average molecular weight is 289 g/mol. The summed E-state index contributed by atoms with van der Waals surface area (Å²) in [6, 6.07) is 3.28. The van der Waals surface area contributed by atoms with Gasteiger partial charge in [-0.05, 0) is 43.7 Å². The van der Waals surface area contributed by atoms with E-state index in [1.807, 2.05) is 0 Å². The summed E-state index contributed by atoms with van der Waals surface area (Å²) in [6.45, 7) is 2.10. The molecule has 0 aromatic carbocycles. The lowest BCUT2D eigenvalue weighted by Gasteiger charge is -2.26. The molecular weight excluding hydrogens is 270 g/mol. The molecule has 1 aliphatic carbocycles. The zero-order chi connectivity index (χ0) is 13.2. The minimum atomic E-state index is -3.41. The third kappa shape index (κ3) is 3.32. The molecule has 1 aromatic rings. The Bertz CT molecular complexity index is 487. The molecule has 0 amide bonds. The smallest absolute Gasteiger partial charge is 0.250 e. The topological polar surface area (TPSA) is 66.4 Å². The van der Waals surface area contributed by atoms with Crippen LogP contribution in [0.5, 0.6) is 0 Å². The largest absolute Gasteiger partial charge is 0.391 e. The third-order valence-corrected chi connectivity index (χ3v) is 6.48. The normalized spacial score (nSPS) is 25.2. The fourth-order valence-electron chi connectivity index (χ4n) is 2.24. The van der Waals surface area contributed by atoms with Crippen molar-refractivity contribution in [3.63, 3.8) is 0 Å². The highest BCUT2D eigenvalue weighted by Gasteiger charge is 2.25. The molecule has 0 unspecified atom stereocenters. The Hall–Kier alpha value is -0.430. The van der Waals surface area contributed by atoms with E-state index in [4.69, 9.17) is 5.11 Å². The Kier molecular flexibility index (Phi) is 4.42. The summed E-state index contributed by atoms with van der Waals surface area (Å²) in [5.74, 6) is 0.702. The van der Waals surface area contributed by atoms with Gasteiger partial charge < -0.3 is 5.11 Å². The molecule has 0 radical (unpaired) electrons. The zero-order valence-electron chi connectivity index (χ0n) is 10.4. The molecule has 0 aliphatic heterocycles. The van der Waals surface area contributed by atoms with Crippen LogP contribution in [0.1, 0.15) is 37.5 Å². The van der Waals surface area contributed by atoms with E-state index < -0.39 is 10.0 Å². The van der Waals surface area contributed by atoms with E-state index >= 15 is 0 Å². The molecule has 2 N–H and O–H groups in total. The summed E-state index contributed by atoms with van der Waals surface area (Å²) in [4.78, 5) is 0.674. The number of aliphatic hydroxyl groups is 1. The Morgan fingerprint density at radius 3 is 2.56 bits per heavy atom. The number of aliphatic hydroxyl groups excluding tert-OH is 1. The maximum Gasteiger partial charge on any atom is 0.250 e. The average Bonchev–Trinajstić information content (AvgIpc) is 2.81. The van der Waals surface area contributed by atoms with Crippen LogP contribution in [0.3, 0.4) is 0 Å². The molecule has 1 saturated carbocycles. The Morgan fingerprint density at radius 2 is 2.00 bits per heavy atom. The summed E-state index contributed by atoms with van der Waals surface area (Å²) < 4.78 is 27.3. The van der Waals surface area contributed by atoms with Gasteiger partial charge in [-0.2, -0.15) is 0 Å². The van der Waals surface area contributed by atoms with Crippen LogP contribution in [-0.2, 0) is 16.6 Å². The van der Waals surface area contributed by atoms with Crippen LogP contribution >= 0.6 is 11.3 Å². The molecule has 6 heteroatoms. The molecule has 0 bridgehead atoms. The molecule has 18 heavy (non-hydrogen) atoms. The van der Waals surface area contributed by atoms with Gasteiger partial charge in [0.1, 0.15) is 4.21 Å². The molecule has 2 rings (SSSR count). The van der Waals surface area contributed by atoms with Crippen LogP contribution in [0, 0.1) is 5.92 Å². The highest BCUT2D eigenvalue weighted by atomic mass is 32.2. The van der Waals surface area contributed by atoms with E-state index in [2.05, 4.69) is 11.6 Å². The van der Waals surface area contributed by atoms with Crippen LogP contribution in [0.15, 0.2) is 16.3 Å². The zero-order valence-corrected chi connectivity index (χ0v) is 12.1. The van der Waals surface area contributed by atoms with Crippen LogP contribution in [0.25, 0.3) is 0 Å². The van der Waals surface area contributed by atoms with Crippen LogP contribution in [0.2, 0.25) is 0 Å². The van der Waals surface area contributed by atoms with Gasteiger partial charge in [0.2, 0.25) is 10.0 Å². The van der Waals surface area contributed by atoms with E-state index in [0.29, 0.717) is 15.0 Å². The number of hydrogen-bond donors (Lipinski definition) is 2. The number of hydrogen-bond acceptors (Lipinski definition) is 4. The van der Waals surface area contributed by atoms with Crippen LogP contribution in [0.4, 0.5) is 0 Å². The van der Waals surface area contributed by atoms with Gasteiger partial charge in [0, 0.05) is 10.9 Å². The first-order valence-electron chi connectivity index (χ1n) is 6.23. The second-order valence-corrected chi connectivity index (χ2v) is 8.07. The Labute approximate surface area is 112 Å². The molecule has 102 valence electrons. The van der Waals surface area contributed by atoms with Crippen molar-refractivity contribution in [3.05, 3.63) is 17.0 Å². The Morgan fingerprint density at radius 1 is 1.33 bits per heavy atom.